The first-order chi connectivity index (χ1) is 15.1. The van der Waals surface area contributed by atoms with Gasteiger partial charge in [-0.25, -0.2) is 0 Å². The highest BCUT2D eigenvalue weighted by Gasteiger charge is 2.35. The van der Waals surface area contributed by atoms with Crippen LogP contribution in [0, 0.1) is 12.3 Å². The van der Waals surface area contributed by atoms with Gasteiger partial charge >= 0.3 is 0 Å². The molecule has 1 unspecified atom stereocenters. The van der Waals surface area contributed by atoms with Crippen molar-refractivity contribution in [1.29, 1.82) is 0 Å². The van der Waals surface area contributed by atoms with Crippen LogP contribution < -0.4 is 10.6 Å². The first-order valence-electron chi connectivity index (χ1n) is 11.5. The van der Waals surface area contributed by atoms with E-state index in [0.717, 1.165) is 30.5 Å². The molecule has 1 aliphatic carbocycles. The van der Waals surface area contributed by atoms with E-state index in [1.165, 1.54) is 0 Å². The van der Waals surface area contributed by atoms with Crippen LogP contribution in [0.15, 0.2) is 30.3 Å². The van der Waals surface area contributed by atoms with Gasteiger partial charge in [-0.15, -0.1) is 0 Å². The van der Waals surface area contributed by atoms with Crippen LogP contribution in [0.1, 0.15) is 97.1 Å². The van der Waals surface area contributed by atoms with Crippen LogP contribution in [0.4, 0.5) is 0 Å². The predicted molar refractivity (Wildman–Crippen MR) is 126 cm³/mol. The molecule has 0 bridgehead atoms. The average Bonchev–Trinajstić information content (AvgIpc) is 3.06. The maximum absolute atomic E-state index is 13.2. The number of carbonyl (C=O) groups is 3. The Morgan fingerprint density at radius 2 is 1.81 bits per heavy atom. The minimum Gasteiger partial charge on any atom is -0.354 e. The molecule has 0 radical (unpaired) electrons. The minimum atomic E-state index is -0.638. The predicted octanol–water partition coefficient (Wildman–Crippen LogP) is 4.64. The van der Waals surface area contributed by atoms with Crippen LogP contribution in [0.5, 0.6) is 0 Å². The third-order valence-corrected chi connectivity index (χ3v) is 6.25. The fourth-order valence-corrected chi connectivity index (χ4v) is 4.51. The second-order valence-corrected chi connectivity index (χ2v) is 9.73. The molecule has 3 N–H and O–H groups in total. The standard InChI is InChI=1S/C26H35N3O3/c1-6-7-13-19(24(31)27-17(3)18-11-9-8-10-12-18)29-25(32)23-16(2)22-20(28-23)14-26(4,5)15-21(22)30/h8-12,17,19,28H,6-7,13-15H2,1-5H3,(H,27,31)(H,29,32)/t17-,19?/m1/s1. The van der Waals surface area contributed by atoms with E-state index in [1.807, 2.05) is 37.3 Å². The molecule has 0 fully saturated rings. The molecule has 1 heterocycles. The molecule has 32 heavy (non-hydrogen) atoms. The summed E-state index contributed by atoms with van der Waals surface area (Å²) in [7, 11) is 0. The fraction of sp³-hybridized carbons (Fsp3) is 0.500. The van der Waals surface area contributed by atoms with Crippen LogP contribution in [0.25, 0.3) is 0 Å². The topological polar surface area (TPSA) is 91.1 Å². The number of ketones is 1. The number of rotatable bonds is 8. The van der Waals surface area contributed by atoms with Crippen molar-refractivity contribution < 1.29 is 14.4 Å². The van der Waals surface area contributed by atoms with Gasteiger partial charge in [0.25, 0.3) is 5.91 Å². The van der Waals surface area contributed by atoms with Gasteiger partial charge in [-0.1, -0.05) is 63.9 Å². The van der Waals surface area contributed by atoms with Gasteiger partial charge in [0, 0.05) is 17.7 Å². The normalized spacial score (nSPS) is 16.7. The number of Topliss-reactive ketones (excluding diaryl/α,β-unsaturated/α-hetero) is 1. The average molecular weight is 438 g/mol. The Morgan fingerprint density at radius 3 is 2.47 bits per heavy atom. The second-order valence-electron chi connectivity index (χ2n) is 9.73. The van der Waals surface area contributed by atoms with Crippen molar-refractivity contribution in [3.8, 4) is 0 Å². The first-order valence-corrected chi connectivity index (χ1v) is 11.5. The van der Waals surface area contributed by atoms with Crippen LogP contribution >= 0.6 is 0 Å². The highest BCUT2D eigenvalue weighted by atomic mass is 16.2. The lowest BCUT2D eigenvalue weighted by Gasteiger charge is -2.28. The van der Waals surface area contributed by atoms with Crippen molar-refractivity contribution in [2.45, 2.75) is 78.8 Å². The van der Waals surface area contributed by atoms with E-state index in [1.54, 1.807) is 6.92 Å². The van der Waals surface area contributed by atoms with Gasteiger partial charge in [0.05, 0.1) is 6.04 Å². The zero-order valence-corrected chi connectivity index (χ0v) is 19.8. The smallest absolute Gasteiger partial charge is 0.268 e. The molecular weight excluding hydrogens is 402 g/mol. The Kier molecular flexibility index (Phi) is 7.22. The van der Waals surface area contributed by atoms with Crippen molar-refractivity contribution in [2.75, 3.05) is 0 Å². The number of carbonyl (C=O) groups excluding carboxylic acids is 3. The van der Waals surface area contributed by atoms with Gasteiger partial charge in [-0.2, -0.15) is 0 Å². The van der Waals surface area contributed by atoms with E-state index in [0.29, 0.717) is 29.7 Å². The van der Waals surface area contributed by atoms with E-state index in [2.05, 4.69) is 36.4 Å². The van der Waals surface area contributed by atoms with Gasteiger partial charge in [0.2, 0.25) is 5.91 Å². The SMILES string of the molecule is CCCCC(NC(=O)c1[nH]c2c(c1C)C(=O)CC(C)(C)C2)C(=O)N[C@H](C)c1ccccc1. The summed E-state index contributed by atoms with van der Waals surface area (Å²) in [5, 5.41) is 5.94. The molecular formula is C26H35N3O3. The molecule has 6 nitrogen and oxygen atoms in total. The van der Waals surface area contributed by atoms with Crippen molar-refractivity contribution in [3.05, 3.63) is 58.4 Å². The maximum atomic E-state index is 13.2. The van der Waals surface area contributed by atoms with Gasteiger partial charge < -0.3 is 15.6 Å². The molecule has 0 spiro atoms. The van der Waals surface area contributed by atoms with Crippen molar-refractivity contribution >= 4 is 17.6 Å². The molecule has 0 saturated heterocycles. The zero-order valence-electron chi connectivity index (χ0n) is 19.8. The molecule has 0 aliphatic heterocycles. The Labute approximate surface area is 190 Å². The summed E-state index contributed by atoms with van der Waals surface area (Å²) in [6.45, 7) is 9.91. The summed E-state index contributed by atoms with van der Waals surface area (Å²) in [5.41, 5.74) is 3.39. The van der Waals surface area contributed by atoms with Crippen LogP contribution in [-0.2, 0) is 11.2 Å². The molecule has 2 atom stereocenters. The summed E-state index contributed by atoms with van der Waals surface area (Å²) < 4.78 is 0. The van der Waals surface area contributed by atoms with Gasteiger partial charge in [0.1, 0.15) is 11.7 Å². The molecule has 0 saturated carbocycles. The molecule has 1 aliphatic rings. The van der Waals surface area contributed by atoms with Gasteiger partial charge in [-0.3, -0.25) is 14.4 Å². The molecule has 3 rings (SSSR count). The Bertz CT molecular complexity index is 991. The van der Waals surface area contributed by atoms with E-state index in [-0.39, 0.29) is 29.1 Å². The first kappa shape index (κ1) is 23.8. The maximum Gasteiger partial charge on any atom is 0.268 e. The van der Waals surface area contributed by atoms with E-state index >= 15 is 0 Å². The number of aromatic nitrogens is 1. The van der Waals surface area contributed by atoms with E-state index in [9.17, 15) is 14.4 Å². The van der Waals surface area contributed by atoms with Crippen molar-refractivity contribution in [2.24, 2.45) is 5.41 Å². The minimum absolute atomic E-state index is 0.0704. The number of hydrogen-bond acceptors (Lipinski definition) is 3. The van der Waals surface area contributed by atoms with Crippen LogP contribution in [0.2, 0.25) is 0 Å². The number of unbranched alkanes of at least 4 members (excludes halogenated alkanes) is 1. The lowest BCUT2D eigenvalue weighted by atomic mass is 9.75. The van der Waals surface area contributed by atoms with E-state index in [4.69, 9.17) is 0 Å². The summed E-state index contributed by atoms with van der Waals surface area (Å²) in [4.78, 5) is 42.0. The van der Waals surface area contributed by atoms with Crippen molar-refractivity contribution in [1.82, 2.24) is 15.6 Å². The Balaban J connectivity index is 1.77. The lowest BCUT2D eigenvalue weighted by molar-refractivity contribution is -0.123. The zero-order chi connectivity index (χ0) is 23.5. The molecule has 172 valence electrons. The second kappa shape index (κ2) is 9.72. The van der Waals surface area contributed by atoms with Crippen LogP contribution in [0.3, 0.4) is 0 Å². The number of amides is 2. The number of hydrogen-bond donors (Lipinski definition) is 3. The highest BCUT2D eigenvalue weighted by Crippen LogP contribution is 2.36. The number of aromatic amines is 1. The highest BCUT2D eigenvalue weighted by molar-refractivity contribution is 6.05. The van der Waals surface area contributed by atoms with Gasteiger partial charge in [-0.05, 0) is 43.2 Å². The monoisotopic (exact) mass is 437 g/mol. The molecule has 2 amide bonds. The lowest BCUT2D eigenvalue weighted by Crippen LogP contribution is -2.47. The number of fused-ring (bicyclic) bond motifs is 1. The summed E-state index contributed by atoms with van der Waals surface area (Å²) in [6.07, 6.45) is 3.49. The molecule has 2 aromatic rings. The van der Waals surface area contributed by atoms with Crippen LogP contribution in [-0.4, -0.2) is 28.6 Å². The third-order valence-electron chi connectivity index (χ3n) is 6.25. The molecule has 1 aromatic heterocycles. The summed E-state index contributed by atoms with van der Waals surface area (Å²) >= 11 is 0. The summed E-state index contributed by atoms with van der Waals surface area (Å²) in [5.74, 6) is -0.471. The number of nitrogens with one attached hydrogen (secondary N) is 3. The Hall–Kier alpha value is -2.89. The van der Waals surface area contributed by atoms with E-state index < -0.39 is 6.04 Å². The Morgan fingerprint density at radius 1 is 1.12 bits per heavy atom. The van der Waals surface area contributed by atoms with Crippen molar-refractivity contribution in [3.63, 3.8) is 0 Å². The fourth-order valence-electron chi connectivity index (χ4n) is 4.51. The number of H-pyrrole nitrogens is 1. The molecule has 6 heteroatoms. The third kappa shape index (κ3) is 5.29. The van der Waals surface area contributed by atoms with Gasteiger partial charge in [0.15, 0.2) is 5.78 Å². The summed E-state index contributed by atoms with van der Waals surface area (Å²) in [6, 6.07) is 8.95. The molecule has 1 aromatic carbocycles. The number of benzene rings is 1. The quantitative estimate of drug-likeness (QED) is 0.562. The largest absolute Gasteiger partial charge is 0.354 e.